The van der Waals surface area contributed by atoms with E-state index in [1.807, 2.05) is 22.4 Å². The van der Waals surface area contributed by atoms with Crippen LogP contribution in [0.15, 0.2) is 53.1 Å². The molecule has 0 N–H and O–H groups in total. The van der Waals surface area contributed by atoms with E-state index in [2.05, 4.69) is 39.1 Å². The molecule has 0 radical (unpaired) electrons. The number of carbonyl (C=O) groups is 1. The number of anilines is 1. The van der Waals surface area contributed by atoms with Gasteiger partial charge in [0.2, 0.25) is 5.91 Å². The van der Waals surface area contributed by atoms with Crippen LogP contribution in [0.4, 0.5) is 5.69 Å². The van der Waals surface area contributed by atoms with Crippen molar-refractivity contribution in [1.82, 2.24) is 14.9 Å². The predicted octanol–water partition coefficient (Wildman–Crippen LogP) is 3.13. The van der Waals surface area contributed by atoms with E-state index in [0.717, 1.165) is 41.4 Å². The van der Waals surface area contributed by atoms with Gasteiger partial charge in [-0.05, 0) is 23.6 Å². The molecule has 1 amide bonds. The van der Waals surface area contributed by atoms with Crippen LogP contribution < -0.4 is 4.90 Å². The molecule has 3 heterocycles. The van der Waals surface area contributed by atoms with E-state index in [9.17, 15) is 4.79 Å². The highest BCUT2D eigenvalue weighted by molar-refractivity contribution is 8.00. The fourth-order valence-corrected chi connectivity index (χ4v) is 4.79. The Kier molecular flexibility index (Phi) is 4.85. The summed E-state index contributed by atoms with van der Waals surface area (Å²) in [7, 11) is 0. The first-order valence-electron chi connectivity index (χ1n) is 8.20. The Hall–Kier alpha value is -2.12. The fraction of sp³-hybridized carbons (Fsp3) is 0.278. The molecular weight excluding hydrogens is 352 g/mol. The number of hydrogen-bond donors (Lipinski definition) is 0. The molecule has 5 nitrogen and oxygen atoms in total. The maximum Gasteiger partial charge on any atom is 0.233 e. The molecule has 1 aromatic carbocycles. The summed E-state index contributed by atoms with van der Waals surface area (Å²) in [6.45, 7) is 3.30. The van der Waals surface area contributed by atoms with Crippen molar-refractivity contribution in [3.05, 3.63) is 48.1 Å². The van der Waals surface area contributed by atoms with Crippen molar-refractivity contribution in [2.75, 3.05) is 36.8 Å². The summed E-state index contributed by atoms with van der Waals surface area (Å²) in [4.78, 5) is 25.4. The number of fused-ring (bicyclic) bond motifs is 1. The van der Waals surface area contributed by atoms with Crippen molar-refractivity contribution in [3.63, 3.8) is 0 Å². The predicted molar refractivity (Wildman–Crippen MR) is 103 cm³/mol. The van der Waals surface area contributed by atoms with E-state index in [0.29, 0.717) is 5.75 Å². The van der Waals surface area contributed by atoms with Crippen LogP contribution in [0.3, 0.4) is 0 Å². The van der Waals surface area contributed by atoms with Gasteiger partial charge in [0.15, 0.2) is 0 Å². The fourth-order valence-electron chi connectivity index (χ4n) is 2.94. The molecule has 1 fully saturated rings. The molecule has 0 bridgehead atoms. The Morgan fingerprint density at radius 3 is 2.68 bits per heavy atom. The molecule has 0 atom stereocenters. The molecule has 1 aliphatic rings. The van der Waals surface area contributed by atoms with Gasteiger partial charge in [-0.15, -0.1) is 11.3 Å². The number of benzene rings is 1. The summed E-state index contributed by atoms with van der Waals surface area (Å²) in [6, 6.07) is 12.4. The molecule has 0 saturated carbocycles. The second kappa shape index (κ2) is 7.41. The van der Waals surface area contributed by atoms with Gasteiger partial charge in [-0.25, -0.2) is 9.97 Å². The molecule has 0 spiro atoms. The van der Waals surface area contributed by atoms with Crippen LogP contribution >= 0.6 is 23.1 Å². The number of rotatable bonds is 4. The van der Waals surface area contributed by atoms with Crippen LogP contribution in [0, 0.1) is 0 Å². The lowest BCUT2D eigenvalue weighted by molar-refractivity contribution is -0.128. The molecule has 0 unspecified atom stereocenters. The lowest BCUT2D eigenvalue weighted by Gasteiger charge is -2.36. The van der Waals surface area contributed by atoms with Gasteiger partial charge in [-0.1, -0.05) is 30.0 Å². The van der Waals surface area contributed by atoms with Gasteiger partial charge in [0.1, 0.15) is 11.4 Å². The molecule has 1 saturated heterocycles. The Morgan fingerprint density at radius 2 is 1.88 bits per heavy atom. The molecule has 25 heavy (non-hydrogen) atoms. The monoisotopic (exact) mass is 370 g/mol. The van der Waals surface area contributed by atoms with Gasteiger partial charge in [-0.2, -0.15) is 0 Å². The maximum atomic E-state index is 12.5. The van der Waals surface area contributed by atoms with Crippen molar-refractivity contribution in [2.45, 2.75) is 5.03 Å². The summed E-state index contributed by atoms with van der Waals surface area (Å²) in [6.07, 6.45) is 1.57. The average molecular weight is 371 g/mol. The van der Waals surface area contributed by atoms with Gasteiger partial charge in [0.25, 0.3) is 0 Å². The molecule has 0 aliphatic carbocycles. The molecule has 4 rings (SSSR count). The van der Waals surface area contributed by atoms with E-state index in [1.165, 1.54) is 17.4 Å². The van der Waals surface area contributed by atoms with Crippen molar-refractivity contribution in [3.8, 4) is 0 Å². The first-order chi connectivity index (χ1) is 12.3. The van der Waals surface area contributed by atoms with E-state index in [1.54, 1.807) is 17.7 Å². The highest BCUT2D eigenvalue weighted by Gasteiger charge is 2.21. The Bertz CT molecular complexity index is 860. The highest BCUT2D eigenvalue weighted by Crippen LogP contribution is 2.28. The first kappa shape index (κ1) is 16.4. The standard InChI is InChI=1S/C18H18N4OS2/c23-16(12-25-18-17-15(6-11-24-17)19-13-20-18)22-9-7-21(8-10-22)14-4-2-1-3-5-14/h1-6,11,13H,7-10,12H2. The van der Waals surface area contributed by atoms with Crippen molar-refractivity contribution >= 4 is 44.9 Å². The maximum absolute atomic E-state index is 12.5. The van der Waals surface area contributed by atoms with Gasteiger partial charge >= 0.3 is 0 Å². The van der Waals surface area contributed by atoms with Crippen molar-refractivity contribution in [2.24, 2.45) is 0 Å². The van der Waals surface area contributed by atoms with E-state index < -0.39 is 0 Å². The number of hydrogen-bond acceptors (Lipinski definition) is 6. The zero-order chi connectivity index (χ0) is 17.1. The SMILES string of the molecule is O=C(CSc1ncnc2ccsc12)N1CCN(c2ccccc2)CC1. The van der Waals surface area contributed by atoms with Crippen LogP contribution in [0.1, 0.15) is 0 Å². The van der Waals surface area contributed by atoms with Gasteiger partial charge in [-0.3, -0.25) is 4.79 Å². The zero-order valence-corrected chi connectivity index (χ0v) is 15.3. The minimum absolute atomic E-state index is 0.182. The molecule has 3 aromatic rings. The number of thiophene rings is 1. The van der Waals surface area contributed by atoms with Crippen LogP contribution in [0.2, 0.25) is 0 Å². The summed E-state index contributed by atoms with van der Waals surface area (Å²) >= 11 is 3.13. The highest BCUT2D eigenvalue weighted by atomic mass is 32.2. The van der Waals surface area contributed by atoms with Crippen LogP contribution in [-0.2, 0) is 4.79 Å². The first-order valence-corrected chi connectivity index (χ1v) is 10.1. The number of nitrogens with zero attached hydrogens (tertiary/aromatic N) is 4. The zero-order valence-electron chi connectivity index (χ0n) is 13.7. The van der Waals surface area contributed by atoms with Crippen LogP contribution in [0.25, 0.3) is 10.2 Å². The van der Waals surface area contributed by atoms with Crippen LogP contribution in [-0.4, -0.2) is 52.7 Å². The molecule has 1 aliphatic heterocycles. The van der Waals surface area contributed by atoms with Crippen LogP contribution in [0.5, 0.6) is 0 Å². The smallest absolute Gasteiger partial charge is 0.233 e. The Labute approximate surface area is 154 Å². The summed E-state index contributed by atoms with van der Waals surface area (Å²) in [5.74, 6) is 0.607. The Morgan fingerprint density at radius 1 is 1.08 bits per heavy atom. The van der Waals surface area contributed by atoms with Gasteiger partial charge < -0.3 is 9.80 Å². The molecule has 2 aromatic heterocycles. The topological polar surface area (TPSA) is 49.3 Å². The largest absolute Gasteiger partial charge is 0.368 e. The minimum atomic E-state index is 0.182. The average Bonchev–Trinajstić information content (AvgIpc) is 3.16. The van der Waals surface area contributed by atoms with Gasteiger partial charge in [0.05, 0.1) is 16.0 Å². The second-order valence-electron chi connectivity index (χ2n) is 5.81. The third-order valence-corrected chi connectivity index (χ3v) is 6.31. The van der Waals surface area contributed by atoms with E-state index >= 15 is 0 Å². The molecule has 7 heteroatoms. The summed E-state index contributed by atoms with van der Waals surface area (Å²) in [5, 5.41) is 2.91. The minimum Gasteiger partial charge on any atom is -0.368 e. The number of carbonyl (C=O) groups excluding carboxylic acids is 1. The number of amides is 1. The third kappa shape index (κ3) is 3.62. The lowest BCUT2D eigenvalue weighted by atomic mass is 10.2. The quantitative estimate of drug-likeness (QED) is 0.522. The number of para-hydroxylation sites is 1. The van der Waals surface area contributed by atoms with Crippen molar-refractivity contribution < 1.29 is 4.79 Å². The van der Waals surface area contributed by atoms with Crippen molar-refractivity contribution in [1.29, 1.82) is 0 Å². The lowest BCUT2D eigenvalue weighted by Crippen LogP contribution is -2.49. The number of piperazine rings is 1. The third-order valence-electron chi connectivity index (χ3n) is 4.30. The number of thioether (sulfide) groups is 1. The molecule has 128 valence electrons. The number of aromatic nitrogens is 2. The molecular formula is C18H18N4OS2. The normalized spacial score (nSPS) is 14.9. The summed E-state index contributed by atoms with van der Waals surface area (Å²) < 4.78 is 1.06. The van der Waals surface area contributed by atoms with Gasteiger partial charge in [0, 0.05) is 31.9 Å². The van der Waals surface area contributed by atoms with E-state index in [4.69, 9.17) is 0 Å². The second-order valence-corrected chi connectivity index (χ2v) is 7.69. The summed E-state index contributed by atoms with van der Waals surface area (Å²) in [5.41, 5.74) is 2.18. The Balaban J connectivity index is 1.33. The van der Waals surface area contributed by atoms with E-state index in [-0.39, 0.29) is 5.91 Å².